The van der Waals surface area contributed by atoms with Crippen LogP contribution in [0.5, 0.6) is 5.75 Å². The number of rotatable bonds is 7. The van der Waals surface area contributed by atoms with Crippen LogP contribution < -0.4 is 9.54 Å². The van der Waals surface area contributed by atoms with E-state index in [4.69, 9.17) is 9.47 Å². The zero-order valence-corrected chi connectivity index (χ0v) is 18.1. The molecule has 0 aliphatic heterocycles. The predicted octanol–water partition coefficient (Wildman–Crippen LogP) is 3.84. The van der Waals surface area contributed by atoms with Crippen molar-refractivity contribution in [3.63, 3.8) is 0 Å². The maximum absolute atomic E-state index is 13.1. The average Bonchev–Trinajstić information content (AvgIpc) is 3.24. The van der Waals surface area contributed by atoms with Crippen molar-refractivity contribution in [3.05, 3.63) is 58.8 Å². The fraction of sp³-hybridized carbons (Fsp3) is 0.318. The van der Waals surface area contributed by atoms with E-state index in [9.17, 15) is 4.79 Å². The minimum atomic E-state index is -0.312. The third-order valence-electron chi connectivity index (χ3n) is 4.73. The number of hydrogen-bond donors (Lipinski definition) is 0. The number of thiazole rings is 1. The van der Waals surface area contributed by atoms with Crippen molar-refractivity contribution in [1.82, 2.24) is 14.0 Å². The summed E-state index contributed by atoms with van der Waals surface area (Å²) in [6, 6.07) is 11.6. The van der Waals surface area contributed by atoms with E-state index in [-0.39, 0.29) is 5.91 Å². The molecule has 0 unspecified atom stereocenters. The van der Waals surface area contributed by atoms with Crippen molar-refractivity contribution in [2.75, 3.05) is 19.8 Å². The summed E-state index contributed by atoms with van der Waals surface area (Å²) in [5, 5.41) is 0. The highest BCUT2D eigenvalue weighted by molar-refractivity contribution is 7.16. The number of pyridine rings is 1. The van der Waals surface area contributed by atoms with E-state index < -0.39 is 0 Å². The number of nitrogens with zero attached hydrogens (tertiary/aromatic N) is 4. The molecule has 0 atom stereocenters. The number of fused-ring (bicyclic) bond motifs is 2. The first kappa shape index (κ1) is 20.3. The Kier molecular flexibility index (Phi) is 5.96. The van der Waals surface area contributed by atoms with Gasteiger partial charge in [0, 0.05) is 19.3 Å². The van der Waals surface area contributed by atoms with Gasteiger partial charge in [0.25, 0.3) is 5.91 Å². The van der Waals surface area contributed by atoms with E-state index in [0.717, 1.165) is 21.6 Å². The predicted molar refractivity (Wildman–Crippen MR) is 117 cm³/mol. The first-order valence-electron chi connectivity index (χ1n) is 9.99. The van der Waals surface area contributed by atoms with Gasteiger partial charge in [-0.05, 0) is 51.1 Å². The molecule has 0 aliphatic rings. The van der Waals surface area contributed by atoms with Crippen molar-refractivity contribution in [3.8, 4) is 5.75 Å². The van der Waals surface area contributed by atoms with Gasteiger partial charge in [0.1, 0.15) is 17.1 Å². The molecule has 0 aliphatic carbocycles. The highest BCUT2D eigenvalue weighted by Crippen LogP contribution is 2.24. The van der Waals surface area contributed by atoms with E-state index in [2.05, 4.69) is 9.98 Å². The van der Waals surface area contributed by atoms with Gasteiger partial charge in [-0.1, -0.05) is 17.4 Å². The highest BCUT2D eigenvalue weighted by atomic mass is 32.1. The van der Waals surface area contributed by atoms with Gasteiger partial charge in [-0.2, -0.15) is 4.99 Å². The Morgan fingerprint density at radius 2 is 2.07 bits per heavy atom. The molecule has 8 heteroatoms. The molecular weight excluding hydrogens is 400 g/mol. The van der Waals surface area contributed by atoms with Gasteiger partial charge in [-0.15, -0.1) is 0 Å². The standard InChI is InChI=1S/C22H24N4O3S/c1-4-28-13-12-25-17-10-9-16(29-5-2)14-18(17)30-22(25)24-21(27)20-15(3)23-19-8-6-7-11-26(19)20/h6-11,14H,4-5,12-13H2,1-3H3. The quantitative estimate of drug-likeness (QED) is 0.423. The van der Waals surface area contributed by atoms with Gasteiger partial charge in [-0.3, -0.25) is 9.20 Å². The van der Waals surface area contributed by atoms with Crippen LogP contribution in [0.4, 0.5) is 0 Å². The summed E-state index contributed by atoms with van der Waals surface area (Å²) in [7, 11) is 0. The Balaban J connectivity index is 1.82. The Labute approximate surface area is 178 Å². The molecule has 0 bridgehead atoms. The lowest BCUT2D eigenvalue weighted by Gasteiger charge is -2.06. The molecular formula is C22H24N4O3S. The second kappa shape index (κ2) is 8.81. The summed E-state index contributed by atoms with van der Waals surface area (Å²) >= 11 is 1.47. The summed E-state index contributed by atoms with van der Waals surface area (Å²) in [5.74, 6) is 0.492. The number of ether oxygens (including phenoxy) is 2. The molecule has 0 saturated heterocycles. The Morgan fingerprint density at radius 1 is 1.20 bits per heavy atom. The third-order valence-corrected chi connectivity index (χ3v) is 5.77. The summed E-state index contributed by atoms with van der Waals surface area (Å²) in [6.07, 6.45) is 1.83. The minimum absolute atomic E-state index is 0.312. The Hall–Kier alpha value is -2.97. The maximum Gasteiger partial charge on any atom is 0.298 e. The van der Waals surface area contributed by atoms with Crippen molar-refractivity contribution < 1.29 is 14.3 Å². The smallest absolute Gasteiger partial charge is 0.298 e. The van der Waals surface area contributed by atoms with Crippen LogP contribution in [0.3, 0.4) is 0 Å². The van der Waals surface area contributed by atoms with Crippen LogP contribution in [-0.2, 0) is 11.3 Å². The molecule has 3 heterocycles. The number of carbonyl (C=O) groups is 1. The number of benzene rings is 1. The molecule has 4 aromatic rings. The lowest BCUT2D eigenvalue weighted by molar-refractivity contribution is 0.0990. The van der Waals surface area contributed by atoms with Crippen LogP contribution in [0.2, 0.25) is 0 Å². The Bertz CT molecular complexity index is 1270. The maximum atomic E-state index is 13.1. The van der Waals surface area contributed by atoms with E-state index in [0.29, 0.717) is 42.6 Å². The molecule has 1 amide bonds. The number of carbonyl (C=O) groups excluding carboxylic acids is 1. The van der Waals surface area contributed by atoms with E-state index >= 15 is 0 Å². The lowest BCUT2D eigenvalue weighted by atomic mass is 10.3. The van der Waals surface area contributed by atoms with Crippen LogP contribution >= 0.6 is 11.3 Å². The second-order valence-corrected chi connectivity index (χ2v) is 7.70. The minimum Gasteiger partial charge on any atom is -0.494 e. The van der Waals surface area contributed by atoms with Crippen LogP contribution in [0.15, 0.2) is 47.6 Å². The van der Waals surface area contributed by atoms with Crippen molar-refractivity contribution in [2.24, 2.45) is 4.99 Å². The van der Waals surface area contributed by atoms with Gasteiger partial charge in [0.15, 0.2) is 4.80 Å². The fourth-order valence-corrected chi connectivity index (χ4v) is 4.51. The van der Waals surface area contributed by atoms with Crippen molar-refractivity contribution >= 4 is 33.1 Å². The zero-order chi connectivity index (χ0) is 21.1. The van der Waals surface area contributed by atoms with Crippen LogP contribution in [-0.4, -0.2) is 39.7 Å². The van der Waals surface area contributed by atoms with E-state index in [1.54, 1.807) is 4.40 Å². The summed E-state index contributed by atoms with van der Waals surface area (Å²) in [4.78, 5) is 22.7. The van der Waals surface area contributed by atoms with Crippen LogP contribution in [0.1, 0.15) is 30.0 Å². The summed E-state index contributed by atoms with van der Waals surface area (Å²) in [6.45, 7) is 8.16. The normalized spacial score (nSPS) is 12.2. The number of hydrogen-bond acceptors (Lipinski definition) is 5. The second-order valence-electron chi connectivity index (χ2n) is 6.69. The largest absolute Gasteiger partial charge is 0.494 e. The van der Waals surface area contributed by atoms with Crippen molar-refractivity contribution in [2.45, 2.75) is 27.3 Å². The molecule has 0 radical (unpaired) electrons. The zero-order valence-electron chi connectivity index (χ0n) is 17.3. The first-order valence-corrected chi connectivity index (χ1v) is 10.8. The van der Waals surface area contributed by atoms with Crippen molar-refractivity contribution in [1.29, 1.82) is 0 Å². The molecule has 3 aromatic heterocycles. The summed E-state index contributed by atoms with van der Waals surface area (Å²) in [5.41, 5.74) is 2.88. The van der Waals surface area contributed by atoms with Gasteiger partial charge in [0.05, 0.1) is 29.1 Å². The SMILES string of the molecule is CCOCCn1c(=NC(=O)c2c(C)nc3ccccn23)sc2cc(OCC)ccc21. The van der Waals surface area contributed by atoms with Crippen LogP contribution in [0, 0.1) is 6.92 Å². The van der Waals surface area contributed by atoms with Gasteiger partial charge >= 0.3 is 0 Å². The molecule has 0 N–H and O–H groups in total. The Morgan fingerprint density at radius 3 is 2.87 bits per heavy atom. The molecule has 7 nitrogen and oxygen atoms in total. The van der Waals surface area contributed by atoms with Gasteiger partial charge in [-0.25, -0.2) is 4.98 Å². The molecule has 0 fully saturated rings. The topological polar surface area (TPSA) is 70.1 Å². The van der Waals surface area contributed by atoms with E-state index in [1.165, 1.54) is 11.3 Å². The molecule has 4 rings (SSSR count). The first-order chi connectivity index (χ1) is 14.6. The molecule has 0 saturated carbocycles. The third kappa shape index (κ3) is 3.88. The fourth-order valence-electron chi connectivity index (χ4n) is 3.42. The summed E-state index contributed by atoms with van der Waals surface area (Å²) < 4.78 is 16.0. The van der Waals surface area contributed by atoms with Gasteiger partial charge < -0.3 is 14.0 Å². The molecule has 156 valence electrons. The molecule has 0 spiro atoms. The van der Waals surface area contributed by atoms with E-state index in [1.807, 2.05) is 67.9 Å². The molecule has 1 aromatic carbocycles. The highest BCUT2D eigenvalue weighted by Gasteiger charge is 2.17. The van der Waals surface area contributed by atoms with Gasteiger partial charge in [0.2, 0.25) is 0 Å². The average molecular weight is 425 g/mol. The number of aromatic nitrogens is 3. The number of imidazole rings is 1. The monoisotopic (exact) mass is 424 g/mol. The van der Waals surface area contributed by atoms with Crippen LogP contribution in [0.25, 0.3) is 15.9 Å². The lowest BCUT2D eigenvalue weighted by Crippen LogP contribution is -2.20. The number of aryl methyl sites for hydroxylation is 1. The molecule has 30 heavy (non-hydrogen) atoms. The number of amides is 1.